The largest absolute Gasteiger partial charge is 0.370 e. The smallest absolute Gasteiger partial charge is 0.262 e. The molecule has 31 heavy (non-hydrogen) atoms. The Labute approximate surface area is 198 Å². The summed E-state index contributed by atoms with van der Waals surface area (Å²) in [6.45, 7) is 2.99. The van der Waals surface area contributed by atoms with E-state index in [0.717, 1.165) is 20.8 Å². The second-order valence-electron chi connectivity index (χ2n) is 7.00. The molecule has 0 bridgehead atoms. The number of benzene rings is 1. The first-order valence-corrected chi connectivity index (χ1v) is 12.7. The maximum Gasteiger partial charge on any atom is 0.262 e. The van der Waals surface area contributed by atoms with E-state index >= 15 is 0 Å². The molecule has 0 spiro atoms. The Hall–Kier alpha value is -1.88. The summed E-state index contributed by atoms with van der Waals surface area (Å²) in [5.41, 5.74) is 2.30. The van der Waals surface area contributed by atoms with Crippen molar-refractivity contribution in [3.05, 3.63) is 44.6 Å². The lowest BCUT2D eigenvalue weighted by Gasteiger charge is -2.28. The first-order valence-electron chi connectivity index (χ1n) is 9.74. The van der Waals surface area contributed by atoms with E-state index in [1.165, 1.54) is 11.3 Å². The van der Waals surface area contributed by atoms with Gasteiger partial charge in [-0.1, -0.05) is 0 Å². The fourth-order valence-corrected chi connectivity index (χ4v) is 4.97. The fourth-order valence-electron chi connectivity index (χ4n) is 3.21. The molecule has 1 aliphatic rings. The zero-order valence-corrected chi connectivity index (χ0v) is 20.5. The van der Waals surface area contributed by atoms with Gasteiger partial charge in [0.15, 0.2) is 0 Å². The molecule has 1 fully saturated rings. The van der Waals surface area contributed by atoms with Gasteiger partial charge in [-0.3, -0.25) is 14.4 Å². The third-order valence-electron chi connectivity index (χ3n) is 4.77. The number of halogens is 1. The van der Waals surface area contributed by atoms with Crippen molar-refractivity contribution >= 4 is 68.1 Å². The Morgan fingerprint density at radius 2 is 2.13 bits per heavy atom. The van der Waals surface area contributed by atoms with Crippen molar-refractivity contribution in [2.24, 2.45) is 0 Å². The molecule has 1 unspecified atom stereocenters. The summed E-state index contributed by atoms with van der Waals surface area (Å²) in [6.07, 6.45) is 2.48. The highest BCUT2D eigenvalue weighted by Gasteiger charge is 2.24. The summed E-state index contributed by atoms with van der Waals surface area (Å²) in [5.74, 6) is 0.122. The van der Waals surface area contributed by atoms with Crippen LogP contribution in [0.15, 0.2) is 34.1 Å². The van der Waals surface area contributed by atoms with Gasteiger partial charge < -0.3 is 20.3 Å². The van der Waals surface area contributed by atoms with Gasteiger partial charge in [0.05, 0.1) is 15.3 Å². The van der Waals surface area contributed by atoms with E-state index in [0.29, 0.717) is 30.1 Å². The number of hydrogen-bond acceptors (Lipinski definition) is 6. The molecule has 166 valence electrons. The number of thiophene rings is 1. The Balaban J connectivity index is 1.69. The van der Waals surface area contributed by atoms with Crippen molar-refractivity contribution in [1.82, 2.24) is 5.32 Å². The molecular weight excluding hydrogens is 502 g/mol. The van der Waals surface area contributed by atoms with Crippen LogP contribution in [0.25, 0.3) is 0 Å². The number of ether oxygens (including phenoxy) is 1. The lowest BCUT2D eigenvalue weighted by molar-refractivity contribution is -0.125. The maximum atomic E-state index is 12.9. The molecule has 1 aliphatic heterocycles. The van der Waals surface area contributed by atoms with Gasteiger partial charge in [-0.15, -0.1) is 11.3 Å². The Kier molecular flexibility index (Phi) is 8.53. The number of hydrogen-bond donors (Lipinski definition) is 2. The Bertz CT molecular complexity index is 966. The van der Waals surface area contributed by atoms with E-state index in [4.69, 9.17) is 4.74 Å². The average Bonchev–Trinajstić information content (AvgIpc) is 3.18. The van der Waals surface area contributed by atoms with E-state index in [1.807, 2.05) is 25.3 Å². The zero-order valence-electron chi connectivity index (χ0n) is 17.3. The third-order valence-corrected chi connectivity index (χ3v) is 7.04. The summed E-state index contributed by atoms with van der Waals surface area (Å²) >= 11 is 6.29. The normalized spacial score (nSPS) is 14.9. The molecule has 3 rings (SSSR count). The molecule has 7 nitrogen and oxygen atoms in total. The van der Waals surface area contributed by atoms with Crippen molar-refractivity contribution in [1.29, 1.82) is 0 Å². The summed E-state index contributed by atoms with van der Waals surface area (Å²) < 4.78 is 6.05. The second kappa shape index (κ2) is 11.1. The molecule has 2 N–H and O–H groups in total. The first kappa shape index (κ1) is 23.8. The number of morpholine rings is 1. The van der Waals surface area contributed by atoms with Gasteiger partial charge in [-0.05, 0) is 77.2 Å². The second-order valence-corrected chi connectivity index (χ2v) is 10.4. The highest BCUT2D eigenvalue weighted by atomic mass is 79.9. The van der Waals surface area contributed by atoms with Crippen molar-refractivity contribution in [2.75, 3.05) is 42.0 Å². The predicted molar refractivity (Wildman–Crippen MR) is 129 cm³/mol. The van der Waals surface area contributed by atoms with Crippen LogP contribution in [0.4, 0.5) is 11.4 Å². The van der Waals surface area contributed by atoms with E-state index in [2.05, 4.69) is 26.6 Å². The van der Waals surface area contributed by atoms with Gasteiger partial charge in [-0.2, -0.15) is 11.8 Å². The molecule has 0 aliphatic carbocycles. The summed E-state index contributed by atoms with van der Waals surface area (Å²) in [5, 5.41) is 5.74. The standard InChI is InChI=1S/C21H24BrN3O4S2/c1-13-11-14(3-4-16(13)25-8-9-29-12-19(25)26)23-20(27)15(7-10-30-2)24-21(28)17-5-6-18(22)31-17/h3-6,11,15H,7-10,12H2,1-2H3,(H,23,27)(H,24,28). The number of rotatable bonds is 8. The molecule has 1 atom stereocenters. The molecular formula is C21H24BrN3O4S2. The number of aryl methyl sites for hydroxylation is 1. The molecule has 0 radical (unpaired) electrons. The van der Waals surface area contributed by atoms with Crippen molar-refractivity contribution in [3.63, 3.8) is 0 Å². The van der Waals surface area contributed by atoms with E-state index in [1.54, 1.807) is 34.9 Å². The summed E-state index contributed by atoms with van der Waals surface area (Å²) in [4.78, 5) is 39.8. The highest BCUT2D eigenvalue weighted by molar-refractivity contribution is 9.11. The molecule has 10 heteroatoms. The number of carbonyl (C=O) groups excluding carboxylic acids is 3. The summed E-state index contributed by atoms with van der Waals surface area (Å²) in [7, 11) is 0. The van der Waals surface area contributed by atoms with Crippen LogP contribution in [0, 0.1) is 6.92 Å². The molecule has 0 saturated carbocycles. The van der Waals surface area contributed by atoms with E-state index in [-0.39, 0.29) is 24.3 Å². The van der Waals surface area contributed by atoms with Gasteiger partial charge in [0, 0.05) is 17.9 Å². The molecule has 1 aromatic heterocycles. The zero-order chi connectivity index (χ0) is 22.4. The minimum atomic E-state index is -0.651. The first-order chi connectivity index (χ1) is 14.9. The topological polar surface area (TPSA) is 87.7 Å². The van der Waals surface area contributed by atoms with Crippen LogP contribution < -0.4 is 15.5 Å². The minimum absolute atomic E-state index is 0.0776. The minimum Gasteiger partial charge on any atom is -0.370 e. The fraction of sp³-hybridized carbons (Fsp3) is 0.381. The molecule has 1 saturated heterocycles. The van der Waals surface area contributed by atoms with Gasteiger partial charge in [-0.25, -0.2) is 0 Å². The van der Waals surface area contributed by atoms with Crippen LogP contribution in [-0.4, -0.2) is 55.5 Å². The quantitative estimate of drug-likeness (QED) is 0.548. The maximum absolute atomic E-state index is 12.9. The number of amides is 3. The average molecular weight is 526 g/mol. The Morgan fingerprint density at radius 3 is 2.77 bits per heavy atom. The lowest BCUT2D eigenvalue weighted by Crippen LogP contribution is -2.44. The van der Waals surface area contributed by atoms with Gasteiger partial charge in [0.25, 0.3) is 11.8 Å². The lowest BCUT2D eigenvalue weighted by atomic mass is 10.1. The van der Waals surface area contributed by atoms with Crippen LogP contribution in [0.1, 0.15) is 21.7 Å². The number of anilines is 2. The highest BCUT2D eigenvalue weighted by Crippen LogP contribution is 2.25. The van der Waals surface area contributed by atoms with E-state index in [9.17, 15) is 14.4 Å². The van der Waals surface area contributed by atoms with Crippen LogP contribution >= 0.6 is 39.0 Å². The number of carbonyl (C=O) groups is 3. The number of nitrogens with zero attached hydrogens (tertiary/aromatic N) is 1. The monoisotopic (exact) mass is 525 g/mol. The molecule has 2 aromatic rings. The van der Waals surface area contributed by atoms with Gasteiger partial charge in [0.2, 0.25) is 5.91 Å². The summed E-state index contributed by atoms with van der Waals surface area (Å²) in [6, 6.07) is 8.31. The van der Waals surface area contributed by atoms with Gasteiger partial charge >= 0.3 is 0 Å². The van der Waals surface area contributed by atoms with Crippen LogP contribution in [0.2, 0.25) is 0 Å². The van der Waals surface area contributed by atoms with Crippen LogP contribution in [0.3, 0.4) is 0 Å². The molecule has 1 aromatic carbocycles. The van der Waals surface area contributed by atoms with Gasteiger partial charge in [0.1, 0.15) is 12.6 Å². The Morgan fingerprint density at radius 1 is 1.32 bits per heavy atom. The predicted octanol–water partition coefficient (Wildman–Crippen LogP) is 3.67. The number of thioether (sulfide) groups is 1. The third kappa shape index (κ3) is 6.31. The van der Waals surface area contributed by atoms with E-state index < -0.39 is 6.04 Å². The van der Waals surface area contributed by atoms with Crippen molar-refractivity contribution < 1.29 is 19.1 Å². The van der Waals surface area contributed by atoms with Crippen molar-refractivity contribution in [3.8, 4) is 0 Å². The van der Waals surface area contributed by atoms with Crippen LogP contribution in [-0.2, 0) is 14.3 Å². The SMILES string of the molecule is CSCCC(NC(=O)c1ccc(Br)s1)C(=O)Nc1ccc(N2CCOCC2=O)c(C)c1. The molecule has 3 amide bonds. The van der Waals surface area contributed by atoms with Crippen LogP contribution in [0.5, 0.6) is 0 Å². The number of nitrogens with one attached hydrogen (secondary N) is 2. The molecule has 2 heterocycles. The van der Waals surface area contributed by atoms with Crippen molar-refractivity contribution in [2.45, 2.75) is 19.4 Å².